The van der Waals surface area contributed by atoms with Crippen molar-refractivity contribution in [1.82, 2.24) is 9.78 Å². The standard InChI is InChI=1S/C25H28F2N4O4/c1-2-11-35-25(33)29-19-7-5-6-17(13-19)16-31-23(32)9-8-22(30-31)18-14-20(26)24(21(27)15-18)34-12-4-3-10-28/h5-9,13-15H,2-4,10-12,16,28H2,1H3,(H,29,33). The Labute approximate surface area is 201 Å². The fourth-order valence-corrected chi connectivity index (χ4v) is 3.25. The van der Waals surface area contributed by atoms with Gasteiger partial charge >= 0.3 is 6.09 Å². The Morgan fingerprint density at radius 3 is 2.57 bits per heavy atom. The van der Waals surface area contributed by atoms with Crippen molar-refractivity contribution >= 4 is 11.8 Å². The molecular weight excluding hydrogens is 458 g/mol. The first-order chi connectivity index (χ1) is 16.9. The summed E-state index contributed by atoms with van der Waals surface area (Å²) in [5, 5.41) is 6.90. The number of nitrogens with one attached hydrogen (secondary N) is 1. The third kappa shape index (κ3) is 7.35. The van der Waals surface area contributed by atoms with E-state index in [-0.39, 0.29) is 24.4 Å². The average molecular weight is 487 g/mol. The number of carbonyl (C=O) groups excluding carboxylic acids is 1. The highest BCUT2D eigenvalue weighted by atomic mass is 19.1. The molecule has 0 fully saturated rings. The van der Waals surface area contributed by atoms with Crippen molar-refractivity contribution < 1.29 is 23.0 Å². The van der Waals surface area contributed by atoms with Gasteiger partial charge in [-0.25, -0.2) is 18.3 Å². The Morgan fingerprint density at radius 2 is 1.86 bits per heavy atom. The zero-order valence-corrected chi connectivity index (χ0v) is 19.4. The van der Waals surface area contributed by atoms with Crippen molar-refractivity contribution in [3.63, 3.8) is 0 Å². The predicted octanol–water partition coefficient (Wildman–Crippen LogP) is 4.31. The number of unbranched alkanes of at least 4 members (excludes halogenated alkanes) is 1. The van der Waals surface area contributed by atoms with Crippen LogP contribution < -0.4 is 21.3 Å². The molecule has 1 heterocycles. The minimum Gasteiger partial charge on any atom is -0.488 e. The molecule has 0 aliphatic carbocycles. The zero-order chi connectivity index (χ0) is 25.2. The Hall–Kier alpha value is -3.79. The van der Waals surface area contributed by atoms with Gasteiger partial charge in [-0.2, -0.15) is 5.10 Å². The van der Waals surface area contributed by atoms with E-state index in [1.54, 1.807) is 24.3 Å². The van der Waals surface area contributed by atoms with Crippen LogP contribution in [0.2, 0.25) is 0 Å². The number of nitrogens with two attached hydrogens (primary N) is 1. The van der Waals surface area contributed by atoms with E-state index >= 15 is 0 Å². The summed E-state index contributed by atoms with van der Waals surface area (Å²) in [4.78, 5) is 24.2. The van der Waals surface area contributed by atoms with Crippen molar-refractivity contribution in [3.05, 3.63) is 76.1 Å². The molecule has 3 N–H and O–H groups in total. The van der Waals surface area contributed by atoms with Crippen LogP contribution in [0.5, 0.6) is 5.75 Å². The van der Waals surface area contributed by atoms with E-state index in [1.807, 2.05) is 6.92 Å². The second-order valence-electron chi connectivity index (χ2n) is 7.79. The molecule has 0 unspecified atom stereocenters. The molecule has 8 nitrogen and oxygen atoms in total. The monoisotopic (exact) mass is 486 g/mol. The lowest BCUT2D eigenvalue weighted by Gasteiger charge is -2.12. The Morgan fingerprint density at radius 1 is 1.09 bits per heavy atom. The summed E-state index contributed by atoms with van der Waals surface area (Å²) in [6, 6.07) is 11.8. The topological polar surface area (TPSA) is 108 Å². The van der Waals surface area contributed by atoms with Gasteiger partial charge in [-0.3, -0.25) is 10.1 Å². The number of ether oxygens (including phenoxy) is 2. The lowest BCUT2D eigenvalue weighted by atomic mass is 10.1. The number of carbonyl (C=O) groups is 1. The predicted molar refractivity (Wildman–Crippen MR) is 128 cm³/mol. The fraction of sp³-hybridized carbons (Fsp3) is 0.320. The molecule has 3 rings (SSSR count). The van der Waals surface area contributed by atoms with Crippen LogP contribution in [0.1, 0.15) is 31.7 Å². The molecule has 0 aliphatic heterocycles. The summed E-state index contributed by atoms with van der Waals surface area (Å²) < 4.78 is 40.5. The molecular formula is C25H28F2N4O4. The van der Waals surface area contributed by atoms with Gasteiger partial charge in [-0.05, 0) is 61.7 Å². The molecule has 10 heteroatoms. The number of hydrogen-bond acceptors (Lipinski definition) is 6. The van der Waals surface area contributed by atoms with Gasteiger partial charge in [-0.1, -0.05) is 19.1 Å². The molecule has 3 aromatic rings. The molecule has 1 aromatic heterocycles. The number of aromatic nitrogens is 2. The van der Waals surface area contributed by atoms with Gasteiger partial charge in [0, 0.05) is 17.3 Å². The van der Waals surface area contributed by atoms with Gasteiger partial charge in [0.2, 0.25) is 0 Å². The first kappa shape index (κ1) is 25.8. The fourth-order valence-electron chi connectivity index (χ4n) is 3.25. The second kappa shape index (κ2) is 12.6. The largest absolute Gasteiger partial charge is 0.488 e. The molecule has 186 valence electrons. The smallest absolute Gasteiger partial charge is 0.411 e. The molecule has 0 radical (unpaired) electrons. The van der Waals surface area contributed by atoms with Crippen molar-refractivity contribution in [1.29, 1.82) is 0 Å². The minimum absolute atomic E-state index is 0.0828. The van der Waals surface area contributed by atoms with E-state index in [0.717, 1.165) is 12.1 Å². The quantitative estimate of drug-likeness (QED) is 0.391. The van der Waals surface area contributed by atoms with Gasteiger partial charge in [0.05, 0.1) is 25.5 Å². The molecule has 0 aliphatic rings. The highest BCUT2D eigenvalue weighted by molar-refractivity contribution is 5.84. The van der Waals surface area contributed by atoms with E-state index in [9.17, 15) is 18.4 Å². The SMILES string of the molecule is CCCOC(=O)Nc1cccc(Cn2nc(-c3cc(F)c(OCCCCN)c(F)c3)ccc2=O)c1. The summed E-state index contributed by atoms with van der Waals surface area (Å²) in [6.07, 6.45) is 1.41. The van der Waals surface area contributed by atoms with Crippen LogP contribution >= 0.6 is 0 Å². The minimum atomic E-state index is -0.860. The third-order valence-electron chi connectivity index (χ3n) is 4.95. The number of rotatable bonds is 11. The van der Waals surface area contributed by atoms with Gasteiger partial charge in [0.25, 0.3) is 5.56 Å². The number of nitrogens with zero attached hydrogens (tertiary/aromatic N) is 2. The van der Waals surface area contributed by atoms with Crippen LogP contribution in [0, 0.1) is 11.6 Å². The van der Waals surface area contributed by atoms with Crippen molar-refractivity contribution in [2.45, 2.75) is 32.7 Å². The number of hydrogen-bond donors (Lipinski definition) is 2. The van der Waals surface area contributed by atoms with Gasteiger partial charge in [0.1, 0.15) is 0 Å². The van der Waals surface area contributed by atoms with Crippen LogP contribution in [0.3, 0.4) is 0 Å². The first-order valence-electron chi connectivity index (χ1n) is 11.3. The number of amides is 1. The van der Waals surface area contributed by atoms with Crippen LogP contribution in [0.25, 0.3) is 11.3 Å². The number of halogens is 2. The van der Waals surface area contributed by atoms with E-state index in [0.29, 0.717) is 43.7 Å². The van der Waals surface area contributed by atoms with Gasteiger partial charge in [0.15, 0.2) is 17.4 Å². The summed E-state index contributed by atoms with van der Waals surface area (Å²) in [5.41, 5.74) is 6.58. The molecule has 0 saturated heterocycles. The molecule has 35 heavy (non-hydrogen) atoms. The maximum atomic E-state index is 14.5. The summed E-state index contributed by atoms with van der Waals surface area (Å²) >= 11 is 0. The average Bonchev–Trinajstić information content (AvgIpc) is 2.83. The van der Waals surface area contributed by atoms with Crippen molar-refractivity contribution in [3.8, 4) is 17.0 Å². The number of anilines is 1. The third-order valence-corrected chi connectivity index (χ3v) is 4.95. The highest BCUT2D eigenvalue weighted by Crippen LogP contribution is 2.28. The lowest BCUT2D eigenvalue weighted by molar-refractivity contribution is 0.161. The highest BCUT2D eigenvalue weighted by Gasteiger charge is 2.15. The van der Waals surface area contributed by atoms with Crippen molar-refractivity contribution in [2.24, 2.45) is 5.73 Å². The Balaban J connectivity index is 1.78. The number of benzene rings is 2. The second-order valence-corrected chi connectivity index (χ2v) is 7.79. The van der Waals surface area contributed by atoms with Crippen LogP contribution in [-0.4, -0.2) is 35.6 Å². The maximum absolute atomic E-state index is 14.5. The van der Waals surface area contributed by atoms with Crippen LogP contribution in [0.4, 0.5) is 19.3 Å². The zero-order valence-electron chi connectivity index (χ0n) is 19.4. The molecule has 0 spiro atoms. The van der Waals surface area contributed by atoms with E-state index in [2.05, 4.69) is 10.4 Å². The normalized spacial score (nSPS) is 10.7. The van der Waals surface area contributed by atoms with E-state index < -0.39 is 29.0 Å². The lowest BCUT2D eigenvalue weighted by Crippen LogP contribution is -2.23. The Kier molecular flexibility index (Phi) is 9.31. The van der Waals surface area contributed by atoms with Gasteiger partial charge < -0.3 is 15.2 Å². The van der Waals surface area contributed by atoms with E-state index in [1.165, 1.54) is 16.8 Å². The van der Waals surface area contributed by atoms with Crippen LogP contribution in [-0.2, 0) is 11.3 Å². The Bertz CT molecular complexity index is 1190. The molecule has 1 amide bonds. The van der Waals surface area contributed by atoms with Crippen molar-refractivity contribution in [2.75, 3.05) is 25.1 Å². The molecule has 0 bridgehead atoms. The molecule has 0 atom stereocenters. The van der Waals surface area contributed by atoms with Crippen LogP contribution in [0.15, 0.2) is 53.3 Å². The molecule has 0 saturated carbocycles. The first-order valence-corrected chi connectivity index (χ1v) is 11.3. The maximum Gasteiger partial charge on any atom is 0.411 e. The summed E-state index contributed by atoms with van der Waals surface area (Å²) in [5.74, 6) is -2.18. The van der Waals surface area contributed by atoms with E-state index in [4.69, 9.17) is 15.2 Å². The summed E-state index contributed by atoms with van der Waals surface area (Å²) in [7, 11) is 0. The molecule has 2 aromatic carbocycles. The van der Waals surface area contributed by atoms with Gasteiger partial charge in [-0.15, -0.1) is 0 Å². The summed E-state index contributed by atoms with van der Waals surface area (Å²) in [6.45, 7) is 2.90.